The highest BCUT2D eigenvalue weighted by Crippen LogP contribution is 2.30. The molecule has 132 valence electrons. The van der Waals surface area contributed by atoms with Crippen LogP contribution in [0, 0.1) is 0 Å². The van der Waals surface area contributed by atoms with Crippen molar-refractivity contribution in [3.63, 3.8) is 0 Å². The van der Waals surface area contributed by atoms with Crippen molar-refractivity contribution in [1.82, 2.24) is 19.5 Å². The average molecular weight is 343 g/mol. The number of ether oxygens (including phenoxy) is 2. The molecule has 1 atom stereocenters. The van der Waals surface area contributed by atoms with Gasteiger partial charge in [0.25, 0.3) is 0 Å². The minimum absolute atomic E-state index is 0.110. The molecule has 3 aromatic rings. The van der Waals surface area contributed by atoms with E-state index in [2.05, 4.69) is 20.3 Å². The summed E-state index contributed by atoms with van der Waals surface area (Å²) < 4.78 is 12.6. The Morgan fingerprint density at radius 2 is 2.12 bits per heavy atom. The number of methoxy groups -OCH3 is 1. The van der Waals surface area contributed by atoms with Crippen molar-refractivity contribution in [3.8, 4) is 11.5 Å². The van der Waals surface area contributed by atoms with E-state index >= 15 is 0 Å². The minimum atomic E-state index is -0.167. The predicted molar refractivity (Wildman–Crippen MR) is 93.6 cm³/mol. The Labute approximate surface area is 145 Å². The number of fused-ring (bicyclic) bond motifs is 1. The summed E-state index contributed by atoms with van der Waals surface area (Å²) in [6.07, 6.45) is 3.00. The van der Waals surface area contributed by atoms with Crippen molar-refractivity contribution in [3.05, 3.63) is 36.4 Å². The lowest BCUT2D eigenvalue weighted by atomic mass is 10.2. The Balaban J connectivity index is 1.85. The van der Waals surface area contributed by atoms with Crippen LogP contribution >= 0.6 is 0 Å². The number of para-hydroxylation sites is 1. The number of aromatic nitrogens is 4. The lowest BCUT2D eigenvalue weighted by Crippen LogP contribution is -2.09. The third-order valence-electron chi connectivity index (χ3n) is 3.91. The van der Waals surface area contributed by atoms with Crippen molar-refractivity contribution in [2.24, 2.45) is 0 Å². The van der Waals surface area contributed by atoms with Crippen LogP contribution in [-0.2, 0) is 11.3 Å². The smallest absolute Gasteiger partial charge is 0.167 e. The fourth-order valence-electron chi connectivity index (χ4n) is 2.62. The second-order valence-electron chi connectivity index (χ2n) is 5.42. The molecule has 0 aliphatic rings. The fraction of sp³-hybridized carbons (Fsp3) is 0.353. The maximum Gasteiger partial charge on any atom is 0.167 e. The van der Waals surface area contributed by atoms with Gasteiger partial charge in [-0.3, -0.25) is 4.57 Å². The van der Waals surface area contributed by atoms with Crippen molar-refractivity contribution in [1.29, 1.82) is 0 Å². The fourth-order valence-corrected chi connectivity index (χ4v) is 2.62. The molecule has 0 radical (unpaired) electrons. The number of phenols is 1. The molecule has 0 bridgehead atoms. The van der Waals surface area contributed by atoms with Gasteiger partial charge in [-0.25, -0.2) is 15.0 Å². The van der Waals surface area contributed by atoms with E-state index in [1.807, 2.05) is 30.5 Å². The largest absolute Gasteiger partial charge is 0.504 e. The number of nitrogens with one attached hydrogen (secondary N) is 1. The van der Waals surface area contributed by atoms with Crippen LogP contribution in [0.3, 0.4) is 0 Å². The van der Waals surface area contributed by atoms with E-state index < -0.39 is 0 Å². The second-order valence-corrected chi connectivity index (χ2v) is 5.42. The maximum atomic E-state index is 10.2. The number of rotatable bonds is 7. The van der Waals surface area contributed by atoms with Gasteiger partial charge in [-0.2, -0.15) is 0 Å². The zero-order valence-electron chi connectivity index (χ0n) is 14.4. The Morgan fingerprint density at radius 1 is 1.28 bits per heavy atom. The quantitative estimate of drug-likeness (QED) is 0.681. The summed E-state index contributed by atoms with van der Waals surface area (Å²) in [5.74, 6) is 1.13. The van der Waals surface area contributed by atoms with E-state index in [1.54, 1.807) is 12.4 Å². The van der Waals surface area contributed by atoms with Gasteiger partial charge in [0.2, 0.25) is 0 Å². The summed E-state index contributed by atoms with van der Waals surface area (Å²) in [4.78, 5) is 13.0. The first-order chi connectivity index (χ1) is 12.2. The molecule has 8 heteroatoms. The molecule has 0 aliphatic carbocycles. The van der Waals surface area contributed by atoms with E-state index in [0.717, 1.165) is 0 Å². The first kappa shape index (κ1) is 17.0. The molecular formula is C17H21N5O3. The van der Waals surface area contributed by atoms with Crippen molar-refractivity contribution in [2.45, 2.75) is 26.6 Å². The molecule has 0 saturated carbocycles. The van der Waals surface area contributed by atoms with Crippen molar-refractivity contribution < 1.29 is 14.6 Å². The molecule has 8 nitrogen and oxygen atoms in total. The molecule has 2 N–H and O–H groups in total. The summed E-state index contributed by atoms with van der Waals surface area (Å²) >= 11 is 0. The summed E-state index contributed by atoms with van der Waals surface area (Å²) in [6, 6.07) is 5.35. The molecule has 0 amide bonds. The molecule has 25 heavy (non-hydrogen) atoms. The number of hydrogen-bond donors (Lipinski definition) is 2. The molecule has 0 saturated heterocycles. The summed E-state index contributed by atoms with van der Waals surface area (Å²) in [5.41, 5.74) is 2.04. The number of aromatic hydroxyl groups is 1. The Morgan fingerprint density at radius 3 is 2.88 bits per heavy atom. The molecule has 2 aromatic heterocycles. The van der Waals surface area contributed by atoms with Gasteiger partial charge in [-0.15, -0.1) is 0 Å². The van der Waals surface area contributed by atoms with Crippen LogP contribution in [0.2, 0.25) is 0 Å². The van der Waals surface area contributed by atoms with Gasteiger partial charge in [0.15, 0.2) is 28.5 Å². The third kappa shape index (κ3) is 3.34. The number of nitrogens with zero attached hydrogens (tertiary/aromatic N) is 4. The Bertz CT molecular complexity index is 865. The summed E-state index contributed by atoms with van der Waals surface area (Å²) in [7, 11) is 1.52. The highest BCUT2D eigenvalue weighted by atomic mass is 16.5. The highest BCUT2D eigenvalue weighted by Gasteiger charge is 2.14. The van der Waals surface area contributed by atoms with Crippen LogP contribution in [0.15, 0.2) is 30.9 Å². The van der Waals surface area contributed by atoms with Crippen molar-refractivity contribution >= 4 is 17.0 Å². The van der Waals surface area contributed by atoms with Crippen LogP contribution in [-0.4, -0.2) is 38.3 Å². The van der Waals surface area contributed by atoms with Crippen LogP contribution in [0.25, 0.3) is 11.2 Å². The monoisotopic (exact) mass is 343 g/mol. The van der Waals surface area contributed by atoms with Gasteiger partial charge in [0.05, 0.1) is 13.4 Å². The Hall–Kier alpha value is -2.87. The van der Waals surface area contributed by atoms with Gasteiger partial charge in [-0.05, 0) is 19.9 Å². The number of benzene rings is 1. The topological polar surface area (TPSA) is 94.3 Å². The maximum absolute atomic E-state index is 10.2. The number of hydrogen-bond acceptors (Lipinski definition) is 7. The molecule has 1 unspecified atom stereocenters. The highest BCUT2D eigenvalue weighted by molar-refractivity contribution is 5.82. The first-order valence-electron chi connectivity index (χ1n) is 8.03. The lowest BCUT2D eigenvalue weighted by molar-refractivity contribution is 0.0272. The van der Waals surface area contributed by atoms with E-state index in [0.29, 0.717) is 41.4 Å². The average Bonchev–Trinajstić information content (AvgIpc) is 3.06. The van der Waals surface area contributed by atoms with E-state index in [9.17, 15) is 5.11 Å². The minimum Gasteiger partial charge on any atom is -0.504 e. The van der Waals surface area contributed by atoms with Crippen LogP contribution < -0.4 is 10.1 Å². The van der Waals surface area contributed by atoms with Crippen LogP contribution in [0.4, 0.5) is 5.82 Å². The van der Waals surface area contributed by atoms with E-state index in [1.165, 1.54) is 13.4 Å². The van der Waals surface area contributed by atoms with E-state index in [-0.39, 0.29) is 12.0 Å². The van der Waals surface area contributed by atoms with Crippen LogP contribution in [0.1, 0.15) is 25.6 Å². The number of anilines is 1. The zero-order valence-corrected chi connectivity index (χ0v) is 14.4. The summed E-state index contributed by atoms with van der Waals surface area (Å²) in [6.45, 7) is 4.86. The second kappa shape index (κ2) is 7.35. The van der Waals surface area contributed by atoms with Crippen molar-refractivity contribution in [2.75, 3.05) is 19.0 Å². The SMILES string of the molecule is CCOC(C)n1cnc2c(NCc3cccc(OC)c3O)ncnc21. The lowest BCUT2D eigenvalue weighted by Gasteiger charge is -2.13. The van der Waals surface area contributed by atoms with Crippen LogP contribution in [0.5, 0.6) is 11.5 Å². The molecule has 3 rings (SSSR count). The normalized spacial score (nSPS) is 12.3. The molecule has 0 fully saturated rings. The molecule has 0 aliphatic heterocycles. The standard InChI is InChI=1S/C17H21N5O3/c1-4-25-11(2)22-10-21-14-16(19-9-20-17(14)22)18-8-12-6-5-7-13(24-3)15(12)23/h5-7,9-11,23H,4,8H2,1-3H3,(H,18,19,20). The van der Waals surface area contributed by atoms with Gasteiger partial charge in [0, 0.05) is 18.7 Å². The van der Waals surface area contributed by atoms with Gasteiger partial charge < -0.3 is 19.9 Å². The first-order valence-corrected chi connectivity index (χ1v) is 8.03. The summed E-state index contributed by atoms with van der Waals surface area (Å²) in [5, 5.41) is 13.4. The van der Waals surface area contributed by atoms with Gasteiger partial charge in [-0.1, -0.05) is 12.1 Å². The molecule has 0 spiro atoms. The molecular weight excluding hydrogens is 322 g/mol. The molecule has 2 heterocycles. The number of phenolic OH excluding ortho intramolecular Hbond substituents is 1. The Kier molecular flexibility index (Phi) is 4.99. The number of imidazole rings is 1. The van der Waals surface area contributed by atoms with Gasteiger partial charge in [0.1, 0.15) is 12.6 Å². The predicted octanol–water partition coefficient (Wildman–Crippen LogP) is 2.71. The zero-order chi connectivity index (χ0) is 17.8. The van der Waals surface area contributed by atoms with E-state index in [4.69, 9.17) is 9.47 Å². The molecule has 1 aromatic carbocycles. The third-order valence-corrected chi connectivity index (χ3v) is 3.91. The van der Waals surface area contributed by atoms with Gasteiger partial charge >= 0.3 is 0 Å².